The maximum Gasteiger partial charge on any atom is 0.255 e. The van der Waals surface area contributed by atoms with Crippen LogP contribution in [0.2, 0.25) is 0 Å². The van der Waals surface area contributed by atoms with Gasteiger partial charge in [-0.25, -0.2) is 12.7 Å². The highest BCUT2D eigenvalue weighted by Crippen LogP contribution is 2.17. The molecule has 0 unspecified atom stereocenters. The highest BCUT2D eigenvalue weighted by Gasteiger charge is 2.18. The molecule has 2 rings (SSSR count). The first kappa shape index (κ1) is 19.1. The van der Waals surface area contributed by atoms with Crippen LogP contribution in [0.3, 0.4) is 0 Å². The topological polar surface area (TPSA) is 66.5 Å². The van der Waals surface area contributed by atoms with Crippen molar-refractivity contribution in [1.82, 2.24) is 4.31 Å². The minimum absolute atomic E-state index is 0.0973. The summed E-state index contributed by atoms with van der Waals surface area (Å²) in [5.74, 6) is -0.336. The Labute approximate surface area is 149 Å². The number of hydrogen-bond acceptors (Lipinski definition) is 3. The molecule has 0 fully saturated rings. The zero-order valence-electron chi connectivity index (χ0n) is 14.8. The second kappa shape index (κ2) is 8.27. The summed E-state index contributed by atoms with van der Waals surface area (Å²) in [6.07, 6.45) is 3.30. The Bertz CT molecular complexity index is 828. The van der Waals surface area contributed by atoms with E-state index in [0.717, 1.165) is 23.6 Å². The van der Waals surface area contributed by atoms with Crippen molar-refractivity contribution in [2.45, 2.75) is 31.1 Å². The van der Waals surface area contributed by atoms with E-state index in [9.17, 15) is 13.2 Å². The quantitative estimate of drug-likeness (QED) is 0.821. The van der Waals surface area contributed by atoms with E-state index in [0.29, 0.717) is 11.3 Å². The molecule has 0 aliphatic heterocycles. The number of hydrogen-bond donors (Lipinski definition) is 1. The third-order valence-electron chi connectivity index (χ3n) is 3.91. The monoisotopic (exact) mass is 360 g/mol. The van der Waals surface area contributed by atoms with Crippen LogP contribution in [0.15, 0.2) is 53.4 Å². The van der Waals surface area contributed by atoms with Crippen molar-refractivity contribution in [2.75, 3.05) is 19.4 Å². The van der Waals surface area contributed by atoms with Gasteiger partial charge in [-0.15, -0.1) is 0 Å². The van der Waals surface area contributed by atoms with Gasteiger partial charge in [0, 0.05) is 25.3 Å². The van der Waals surface area contributed by atoms with Crippen molar-refractivity contribution in [3.8, 4) is 0 Å². The second-order valence-corrected chi connectivity index (χ2v) is 8.22. The van der Waals surface area contributed by atoms with Gasteiger partial charge >= 0.3 is 0 Å². The lowest BCUT2D eigenvalue weighted by Gasteiger charge is -2.12. The molecule has 134 valence electrons. The normalized spacial score (nSPS) is 11.5. The van der Waals surface area contributed by atoms with Crippen molar-refractivity contribution in [3.63, 3.8) is 0 Å². The molecule has 0 radical (unpaired) electrons. The van der Waals surface area contributed by atoms with Crippen LogP contribution in [-0.2, 0) is 16.4 Å². The first-order valence-corrected chi connectivity index (χ1v) is 9.71. The SMILES string of the molecule is CCCCc1ccc(NC(=O)c2cccc(S(=O)(=O)N(C)C)c2)cc1. The summed E-state index contributed by atoms with van der Waals surface area (Å²) >= 11 is 0. The van der Waals surface area contributed by atoms with Gasteiger partial charge in [0.15, 0.2) is 0 Å². The fourth-order valence-corrected chi connectivity index (χ4v) is 3.30. The fraction of sp³-hybridized carbons (Fsp3) is 0.316. The maximum absolute atomic E-state index is 12.4. The minimum Gasteiger partial charge on any atom is -0.322 e. The zero-order valence-corrected chi connectivity index (χ0v) is 15.6. The van der Waals surface area contributed by atoms with Gasteiger partial charge in [-0.2, -0.15) is 0 Å². The number of unbranched alkanes of at least 4 members (excludes halogenated alkanes) is 1. The van der Waals surface area contributed by atoms with Crippen molar-refractivity contribution in [2.24, 2.45) is 0 Å². The third kappa shape index (κ3) is 4.90. The van der Waals surface area contributed by atoms with Gasteiger partial charge in [-0.1, -0.05) is 31.5 Å². The van der Waals surface area contributed by atoms with Crippen molar-refractivity contribution >= 4 is 21.6 Å². The number of carbonyl (C=O) groups is 1. The molecule has 1 amide bonds. The van der Waals surface area contributed by atoms with Crippen LogP contribution in [0.4, 0.5) is 5.69 Å². The van der Waals surface area contributed by atoms with Gasteiger partial charge in [0.25, 0.3) is 5.91 Å². The number of amides is 1. The molecule has 5 nitrogen and oxygen atoms in total. The lowest BCUT2D eigenvalue weighted by molar-refractivity contribution is 0.102. The van der Waals surface area contributed by atoms with Crippen molar-refractivity contribution in [1.29, 1.82) is 0 Å². The van der Waals surface area contributed by atoms with Crippen LogP contribution in [0.25, 0.3) is 0 Å². The molecule has 0 aliphatic rings. The zero-order chi connectivity index (χ0) is 18.4. The molecular weight excluding hydrogens is 336 g/mol. The molecule has 0 aliphatic carbocycles. The molecule has 1 N–H and O–H groups in total. The van der Waals surface area contributed by atoms with E-state index in [-0.39, 0.29) is 10.8 Å². The Morgan fingerprint density at radius 2 is 1.76 bits per heavy atom. The van der Waals surface area contributed by atoms with E-state index in [1.165, 1.54) is 31.8 Å². The molecular formula is C19H24N2O3S. The van der Waals surface area contributed by atoms with E-state index >= 15 is 0 Å². The summed E-state index contributed by atoms with van der Waals surface area (Å²) in [5, 5.41) is 2.80. The summed E-state index contributed by atoms with van der Waals surface area (Å²) in [6.45, 7) is 2.15. The van der Waals surface area contributed by atoms with Crippen LogP contribution < -0.4 is 5.32 Å². The molecule has 2 aromatic rings. The van der Waals surface area contributed by atoms with Gasteiger partial charge in [0.1, 0.15) is 0 Å². The van der Waals surface area contributed by atoms with Crippen LogP contribution in [0, 0.1) is 0 Å². The van der Waals surface area contributed by atoms with Crippen LogP contribution in [0.5, 0.6) is 0 Å². The molecule has 0 saturated heterocycles. The van der Waals surface area contributed by atoms with Crippen LogP contribution >= 0.6 is 0 Å². The van der Waals surface area contributed by atoms with Crippen LogP contribution in [0.1, 0.15) is 35.7 Å². The fourth-order valence-electron chi connectivity index (χ4n) is 2.35. The number of benzene rings is 2. The molecule has 25 heavy (non-hydrogen) atoms. The van der Waals surface area contributed by atoms with Gasteiger partial charge in [-0.3, -0.25) is 4.79 Å². The molecule has 0 heterocycles. The van der Waals surface area contributed by atoms with E-state index < -0.39 is 10.0 Å². The number of carbonyl (C=O) groups excluding carboxylic acids is 1. The molecule has 0 atom stereocenters. The van der Waals surface area contributed by atoms with Crippen LogP contribution in [-0.4, -0.2) is 32.7 Å². The van der Waals surface area contributed by atoms with Gasteiger partial charge in [-0.05, 0) is 48.7 Å². The average molecular weight is 360 g/mol. The van der Waals surface area contributed by atoms with E-state index in [4.69, 9.17) is 0 Å². The average Bonchev–Trinajstić information content (AvgIpc) is 2.61. The smallest absolute Gasteiger partial charge is 0.255 e. The van der Waals surface area contributed by atoms with E-state index in [1.54, 1.807) is 12.1 Å². The number of rotatable bonds is 7. The standard InChI is InChI=1S/C19H24N2O3S/c1-4-5-7-15-10-12-17(13-11-15)20-19(22)16-8-6-9-18(14-16)25(23,24)21(2)3/h6,8-14H,4-5,7H2,1-3H3,(H,20,22). The lowest BCUT2D eigenvalue weighted by Crippen LogP contribution is -2.22. The van der Waals surface area contributed by atoms with Gasteiger partial charge < -0.3 is 5.32 Å². The Hall–Kier alpha value is -2.18. The first-order valence-electron chi connectivity index (χ1n) is 8.27. The minimum atomic E-state index is -3.57. The third-order valence-corrected chi connectivity index (χ3v) is 5.72. The summed E-state index contributed by atoms with van der Waals surface area (Å²) in [5.41, 5.74) is 2.23. The molecule has 0 saturated carbocycles. The van der Waals surface area contributed by atoms with Crippen molar-refractivity contribution in [3.05, 3.63) is 59.7 Å². The summed E-state index contributed by atoms with van der Waals surface area (Å²) in [7, 11) is -0.646. The highest BCUT2D eigenvalue weighted by molar-refractivity contribution is 7.89. The summed E-state index contributed by atoms with van der Waals surface area (Å²) in [6, 6.07) is 13.8. The molecule has 2 aromatic carbocycles. The number of nitrogens with one attached hydrogen (secondary N) is 1. The number of nitrogens with zero attached hydrogens (tertiary/aromatic N) is 1. The second-order valence-electron chi connectivity index (χ2n) is 6.07. The van der Waals surface area contributed by atoms with E-state index in [2.05, 4.69) is 12.2 Å². The summed E-state index contributed by atoms with van der Waals surface area (Å²) < 4.78 is 25.5. The highest BCUT2D eigenvalue weighted by atomic mass is 32.2. The number of aryl methyl sites for hydroxylation is 1. The largest absolute Gasteiger partial charge is 0.322 e. The van der Waals surface area contributed by atoms with Gasteiger partial charge in [0.2, 0.25) is 10.0 Å². The van der Waals surface area contributed by atoms with Gasteiger partial charge in [0.05, 0.1) is 4.90 Å². The Morgan fingerprint density at radius 3 is 2.36 bits per heavy atom. The maximum atomic E-state index is 12.4. The number of sulfonamides is 1. The Kier molecular flexibility index (Phi) is 6.33. The first-order chi connectivity index (χ1) is 11.8. The molecule has 0 spiro atoms. The predicted molar refractivity (Wildman–Crippen MR) is 100 cm³/mol. The van der Waals surface area contributed by atoms with Crippen molar-refractivity contribution < 1.29 is 13.2 Å². The molecule has 6 heteroatoms. The number of anilines is 1. The van der Waals surface area contributed by atoms with E-state index in [1.807, 2.05) is 24.3 Å². The lowest BCUT2D eigenvalue weighted by atomic mass is 10.1. The predicted octanol–water partition coefficient (Wildman–Crippen LogP) is 3.53. The molecule has 0 aromatic heterocycles. The Balaban J connectivity index is 2.13. The molecule has 0 bridgehead atoms. The Morgan fingerprint density at radius 1 is 1.08 bits per heavy atom. The summed E-state index contributed by atoms with van der Waals surface area (Å²) in [4.78, 5) is 12.5.